The van der Waals surface area contributed by atoms with Crippen LogP contribution in [0.3, 0.4) is 0 Å². The van der Waals surface area contributed by atoms with Gasteiger partial charge in [-0.25, -0.2) is 4.79 Å². The molecule has 20 heavy (non-hydrogen) atoms. The predicted octanol–water partition coefficient (Wildman–Crippen LogP) is 3.33. The summed E-state index contributed by atoms with van der Waals surface area (Å²) in [6.45, 7) is 4.63. The number of rotatable bonds is 11. The number of hydrogen-bond acceptors (Lipinski definition) is 5. The van der Waals surface area contributed by atoms with E-state index in [9.17, 15) is 9.59 Å². The third-order valence-corrected chi connectivity index (χ3v) is 4.20. The molecule has 1 heterocycles. The van der Waals surface area contributed by atoms with Crippen LogP contribution in [0.25, 0.3) is 0 Å². The van der Waals surface area contributed by atoms with Crippen molar-refractivity contribution in [2.24, 2.45) is 0 Å². The Labute approximate surface area is 126 Å². The molecule has 0 aromatic rings. The van der Waals surface area contributed by atoms with Gasteiger partial charge < -0.3 is 9.47 Å². The lowest BCUT2D eigenvalue weighted by Crippen LogP contribution is -2.17. The monoisotopic (exact) mass is 302 g/mol. The van der Waals surface area contributed by atoms with Crippen molar-refractivity contribution in [1.82, 2.24) is 0 Å². The van der Waals surface area contributed by atoms with Crippen LogP contribution in [-0.4, -0.2) is 35.7 Å². The minimum absolute atomic E-state index is 0.0297. The molecule has 0 amide bonds. The SMILES string of the molecule is CCCCCCCSC(=O)[C@@H]1O[C@@H]1C(=O)OCCCC. The highest BCUT2D eigenvalue weighted by atomic mass is 32.2. The molecule has 4 nitrogen and oxygen atoms in total. The van der Waals surface area contributed by atoms with Gasteiger partial charge in [0.05, 0.1) is 6.61 Å². The van der Waals surface area contributed by atoms with Crippen LogP contribution >= 0.6 is 11.8 Å². The second-order valence-corrected chi connectivity index (χ2v) is 6.18. The van der Waals surface area contributed by atoms with Crippen LogP contribution in [0.1, 0.15) is 58.8 Å². The summed E-state index contributed by atoms with van der Waals surface area (Å²) in [5.74, 6) is 0.431. The number of hydrogen-bond donors (Lipinski definition) is 0. The average molecular weight is 302 g/mol. The van der Waals surface area contributed by atoms with E-state index in [1.807, 2.05) is 6.92 Å². The minimum atomic E-state index is -0.646. The maximum Gasteiger partial charge on any atom is 0.338 e. The molecule has 0 bridgehead atoms. The van der Waals surface area contributed by atoms with E-state index in [1.165, 1.54) is 37.4 Å². The fraction of sp³-hybridized carbons (Fsp3) is 0.867. The lowest BCUT2D eigenvalue weighted by Gasteiger charge is -2.01. The molecule has 1 aliphatic rings. The topological polar surface area (TPSA) is 55.9 Å². The highest BCUT2D eigenvalue weighted by Gasteiger charge is 2.51. The Bertz CT molecular complexity index is 306. The maximum atomic E-state index is 11.8. The van der Waals surface area contributed by atoms with Crippen molar-refractivity contribution < 1.29 is 19.1 Å². The molecule has 0 spiro atoms. The largest absolute Gasteiger partial charge is 0.464 e. The first kappa shape index (κ1) is 17.5. The first-order valence-electron chi connectivity index (χ1n) is 7.69. The van der Waals surface area contributed by atoms with Crippen LogP contribution in [0.5, 0.6) is 0 Å². The molecule has 1 rings (SSSR count). The number of epoxide rings is 1. The zero-order chi connectivity index (χ0) is 14.8. The molecule has 0 N–H and O–H groups in total. The summed E-state index contributed by atoms with van der Waals surface area (Å²) >= 11 is 1.28. The van der Waals surface area contributed by atoms with Crippen molar-refractivity contribution in [1.29, 1.82) is 0 Å². The van der Waals surface area contributed by atoms with Crippen molar-refractivity contribution in [3.63, 3.8) is 0 Å². The highest BCUT2D eigenvalue weighted by Crippen LogP contribution is 2.29. The zero-order valence-corrected chi connectivity index (χ0v) is 13.4. The summed E-state index contributed by atoms with van der Waals surface area (Å²) in [6.07, 6.45) is 6.56. The molecule has 0 aromatic heterocycles. The van der Waals surface area contributed by atoms with Gasteiger partial charge in [-0.15, -0.1) is 0 Å². The van der Waals surface area contributed by atoms with Crippen LogP contribution in [0, 0.1) is 0 Å². The lowest BCUT2D eigenvalue weighted by atomic mass is 10.2. The van der Waals surface area contributed by atoms with Gasteiger partial charge in [0.2, 0.25) is 5.12 Å². The summed E-state index contributed by atoms with van der Waals surface area (Å²) in [6, 6.07) is 0. The Morgan fingerprint density at radius 1 is 1.00 bits per heavy atom. The first-order chi connectivity index (χ1) is 9.70. The molecule has 5 heteroatoms. The van der Waals surface area contributed by atoms with E-state index in [2.05, 4.69) is 6.92 Å². The van der Waals surface area contributed by atoms with E-state index in [-0.39, 0.29) is 11.1 Å². The predicted molar refractivity (Wildman–Crippen MR) is 80.8 cm³/mol. The van der Waals surface area contributed by atoms with Gasteiger partial charge in [-0.1, -0.05) is 57.7 Å². The summed E-state index contributed by atoms with van der Waals surface area (Å²) in [5, 5.41) is -0.0297. The second kappa shape index (κ2) is 10.2. The molecule has 0 aromatic carbocycles. The first-order valence-corrected chi connectivity index (χ1v) is 8.68. The molecule has 0 radical (unpaired) electrons. The number of thioether (sulfide) groups is 1. The number of carbonyl (C=O) groups excluding carboxylic acids is 2. The Morgan fingerprint density at radius 2 is 1.70 bits per heavy atom. The van der Waals surface area contributed by atoms with Gasteiger partial charge in [0.1, 0.15) is 0 Å². The molecule has 0 saturated carbocycles. The lowest BCUT2D eigenvalue weighted by molar-refractivity contribution is -0.145. The third-order valence-electron chi connectivity index (χ3n) is 3.19. The zero-order valence-electron chi connectivity index (χ0n) is 12.6. The van der Waals surface area contributed by atoms with E-state index in [0.717, 1.165) is 25.0 Å². The molecule has 0 aliphatic carbocycles. The van der Waals surface area contributed by atoms with E-state index < -0.39 is 12.2 Å². The van der Waals surface area contributed by atoms with Crippen LogP contribution < -0.4 is 0 Å². The summed E-state index contributed by atoms with van der Waals surface area (Å²) in [4.78, 5) is 23.3. The Hall–Kier alpha value is -0.550. The van der Waals surface area contributed by atoms with Crippen molar-refractivity contribution >= 4 is 22.8 Å². The molecule has 1 fully saturated rings. The normalized spacial score (nSPS) is 20.7. The Kier molecular flexibility index (Phi) is 8.94. The highest BCUT2D eigenvalue weighted by molar-refractivity contribution is 8.13. The van der Waals surface area contributed by atoms with Crippen molar-refractivity contribution in [3.05, 3.63) is 0 Å². The van der Waals surface area contributed by atoms with E-state index in [0.29, 0.717) is 6.61 Å². The van der Waals surface area contributed by atoms with Gasteiger partial charge in [-0.2, -0.15) is 0 Å². The fourth-order valence-corrected chi connectivity index (χ4v) is 2.72. The quantitative estimate of drug-likeness (QED) is 0.333. The Balaban J connectivity index is 2.04. The third kappa shape index (κ3) is 6.75. The Morgan fingerprint density at radius 3 is 2.40 bits per heavy atom. The van der Waals surface area contributed by atoms with Gasteiger partial charge in [0.15, 0.2) is 12.2 Å². The van der Waals surface area contributed by atoms with Crippen LogP contribution in [0.4, 0.5) is 0 Å². The number of esters is 1. The smallest absolute Gasteiger partial charge is 0.338 e. The molecular weight excluding hydrogens is 276 g/mol. The van der Waals surface area contributed by atoms with Crippen molar-refractivity contribution in [3.8, 4) is 0 Å². The van der Waals surface area contributed by atoms with E-state index in [1.54, 1.807) is 0 Å². The van der Waals surface area contributed by atoms with Crippen LogP contribution in [-0.2, 0) is 19.1 Å². The summed E-state index contributed by atoms with van der Waals surface area (Å²) in [5.41, 5.74) is 0. The van der Waals surface area contributed by atoms with Gasteiger partial charge in [0.25, 0.3) is 0 Å². The molecule has 1 aliphatic heterocycles. The average Bonchev–Trinajstić information content (AvgIpc) is 3.23. The molecular formula is C15H26O4S. The summed E-state index contributed by atoms with van der Waals surface area (Å²) < 4.78 is 10.2. The van der Waals surface area contributed by atoms with Crippen molar-refractivity contribution in [2.45, 2.75) is 71.0 Å². The van der Waals surface area contributed by atoms with E-state index in [4.69, 9.17) is 9.47 Å². The van der Waals surface area contributed by atoms with Gasteiger partial charge in [0, 0.05) is 5.75 Å². The van der Waals surface area contributed by atoms with Crippen LogP contribution in [0.2, 0.25) is 0 Å². The van der Waals surface area contributed by atoms with Gasteiger partial charge >= 0.3 is 5.97 Å². The standard InChI is InChI=1S/C15H26O4S/c1-3-5-7-8-9-11-20-15(17)13-12(19-13)14(16)18-10-6-4-2/h12-13H,3-11H2,1-2H3/t12-,13+/m0/s1. The number of ether oxygens (including phenoxy) is 2. The number of carbonyl (C=O) groups is 2. The molecule has 1 saturated heterocycles. The van der Waals surface area contributed by atoms with Gasteiger partial charge in [-0.05, 0) is 12.8 Å². The van der Waals surface area contributed by atoms with Crippen molar-refractivity contribution in [2.75, 3.05) is 12.4 Å². The fourth-order valence-electron chi connectivity index (χ4n) is 1.83. The van der Waals surface area contributed by atoms with Crippen LogP contribution in [0.15, 0.2) is 0 Å². The second-order valence-electron chi connectivity index (χ2n) is 5.08. The molecule has 116 valence electrons. The molecule has 0 unspecified atom stereocenters. The van der Waals surface area contributed by atoms with E-state index >= 15 is 0 Å². The molecule has 2 atom stereocenters. The number of unbranched alkanes of at least 4 members (excludes halogenated alkanes) is 5. The maximum absolute atomic E-state index is 11.8. The minimum Gasteiger partial charge on any atom is -0.464 e. The van der Waals surface area contributed by atoms with Gasteiger partial charge in [-0.3, -0.25) is 4.79 Å². The summed E-state index contributed by atoms with van der Waals surface area (Å²) in [7, 11) is 0.